The molecule has 0 aliphatic heterocycles. The predicted molar refractivity (Wildman–Crippen MR) is 84.8 cm³/mol. The van der Waals surface area contributed by atoms with Gasteiger partial charge in [0.25, 0.3) is 0 Å². The van der Waals surface area contributed by atoms with Gasteiger partial charge >= 0.3 is 5.97 Å². The Bertz CT molecular complexity index is 587. The molecule has 0 aliphatic rings. The highest BCUT2D eigenvalue weighted by Crippen LogP contribution is 2.19. The summed E-state index contributed by atoms with van der Waals surface area (Å²) in [6, 6.07) is 4.90. The zero-order chi connectivity index (χ0) is 15.9. The van der Waals surface area contributed by atoms with Crippen molar-refractivity contribution in [3.63, 3.8) is 0 Å². The average molecular weight is 378 g/mol. The van der Waals surface area contributed by atoms with Crippen LogP contribution in [0.2, 0.25) is 0 Å². The highest BCUT2D eigenvalue weighted by Gasteiger charge is 2.13. The Balaban J connectivity index is 2.36. The summed E-state index contributed by atoms with van der Waals surface area (Å²) in [5.41, 5.74) is 0.867. The van der Waals surface area contributed by atoms with Crippen molar-refractivity contribution in [1.82, 2.24) is 4.72 Å². The highest BCUT2D eigenvalue weighted by molar-refractivity contribution is 9.10. The number of rotatable bonds is 9. The van der Waals surface area contributed by atoms with Crippen LogP contribution in [0.3, 0.4) is 0 Å². The largest absolute Gasteiger partial charge is 0.481 e. The molecule has 0 saturated carbocycles. The Labute approximate surface area is 133 Å². The number of carboxylic acids is 1. The number of hydrogen-bond donors (Lipinski definition) is 2. The fraction of sp³-hybridized carbons (Fsp3) is 0.500. The third-order valence-corrected chi connectivity index (χ3v) is 5.40. The Morgan fingerprint density at radius 2 is 1.90 bits per heavy atom. The third kappa shape index (κ3) is 6.58. The van der Waals surface area contributed by atoms with Crippen molar-refractivity contribution < 1.29 is 18.3 Å². The van der Waals surface area contributed by atoms with Gasteiger partial charge in [0.15, 0.2) is 0 Å². The van der Waals surface area contributed by atoms with Gasteiger partial charge in [-0.1, -0.05) is 28.8 Å². The van der Waals surface area contributed by atoms with Gasteiger partial charge in [0.1, 0.15) is 0 Å². The fourth-order valence-corrected chi connectivity index (χ4v) is 3.23. The Hall–Kier alpha value is -0.920. The van der Waals surface area contributed by atoms with Crippen LogP contribution in [0.25, 0.3) is 0 Å². The summed E-state index contributed by atoms with van der Waals surface area (Å²) in [4.78, 5) is 10.6. The van der Waals surface area contributed by atoms with Gasteiger partial charge in [-0.25, -0.2) is 13.1 Å². The van der Waals surface area contributed by atoms with Gasteiger partial charge in [0.05, 0.1) is 4.90 Å². The quantitative estimate of drug-likeness (QED) is 0.647. The van der Waals surface area contributed by atoms with E-state index in [-0.39, 0.29) is 11.3 Å². The molecule has 0 unspecified atom stereocenters. The van der Waals surface area contributed by atoms with Crippen LogP contribution in [0.5, 0.6) is 0 Å². The first-order valence-corrected chi connectivity index (χ1v) is 9.08. The summed E-state index contributed by atoms with van der Waals surface area (Å²) in [6.45, 7) is 2.20. The number of unbranched alkanes of at least 4 members (excludes halogenated alkanes) is 3. The normalized spacial score (nSPS) is 11.5. The minimum absolute atomic E-state index is 0.171. The lowest BCUT2D eigenvalue weighted by atomic mass is 10.1. The minimum Gasteiger partial charge on any atom is -0.481 e. The lowest BCUT2D eigenvalue weighted by Gasteiger charge is -2.08. The van der Waals surface area contributed by atoms with E-state index in [0.717, 1.165) is 22.9 Å². The molecule has 0 fully saturated rings. The van der Waals surface area contributed by atoms with Crippen molar-refractivity contribution in [2.24, 2.45) is 0 Å². The van der Waals surface area contributed by atoms with Crippen LogP contribution in [-0.2, 0) is 14.8 Å². The topological polar surface area (TPSA) is 83.5 Å². The molecule has 1 rings (SSSR count). The van der Waals surface area contributed by atoms with Crippen LogP contribution in [0.4, 0.5) is 0 Å². The lowest BCUT2D eigenvalue weighted by molar-refractivity contribution is -0.137. The minimum atomic E-state index is -3.47. The summed E-state index contributed by atoms with van der Waals surface area (Å²) in [7, 11) is -3.47. The number of carboxylic acid groups (broad SMARTS) is 1. The molecule has 1 aromatic carbocycles. The number of hydrogen-bond acceptors (Lipinski definition) is 3. The number of aryl methyl sites for hydroxylation is 1. The smallest absolute Gasteiger partial charge is 0.303 e. The molecule has 0 radical (unpaired) electrons. The molecule has 21 heavy (non-hydrogen) atoms. The average Bonchev–Trinajstić information content (AvgIpc) is 2.40. The van der Waals surface area contributed by atoms with Crippen LogP contribution >= 0.6 is 15.9 Å². The maximum absolute atomic E-state index is 12.1. The van der Waals surface area contributed by atoms with E-state index in [2.05, 4.69) is 20.7 Å². The number of carbonyl (C=O) groups is 1. The zero-order valence-corrected chi connectivity index (χ0v) is 14.3. The standard InChI is InChI=1S/C14H20BrNO4S/c1-11-10-12(7-8-13(11)15)21(19,20)16-9-5-3-2-4-6-14(17)18/h7-8,10,16H,2-6,9H2,1H3,(H,17,18). The first-order chi connectivity index (χ1) is 9.83. The molecule has 0 bridgehead atoms. The molecule has 118 valence electrons. The van der Waals surface area contributed by atoms with Crippen LogP contribution in [0.15, 0.2) is 27.6 Å². The van der Waals surface area contributed by atoms with Crippen molar-refractivity contribution >= 4 is 31.9 Å². The van der Waals surface area contributed by atoms with E-state index < -0.39 is 16.0 Å². The lowest BCUT2D eigenvalue weighted by Crippen LogP contribution is -2.24. The predicted octanol–water partition coefficient (Wildman–Crippen LogP) is 3.07. The summed E-state index contributed by atoms with van der Waals surface area (Å²) < 4.78 is 27.6. The maximum Gasteiger partial charge on any atom is 0.303 e. The molecule has 1 aromatic rings. The van der Waals surface area contributed by atoms with E-state index in [1.807, 2.05) is 6.92 Å². The van der Waals surface area contributed by atoms with Gasteiger partial charge < -0.3 is 5.11 Å². The summed E-state index contributed by atoms with van der Waals surface area (Å²) in [6.07, 6.45) is 3.12. The SMILES string of the molecule is Cc1cc(S(=O)(=O)NCCCCCCC(=O)O)ccc1Br. The molecule has 0 amide bonds. The van der Waals surface area contributed by atoms with Crippen LogP contribution in [-0.4, -0.2) is 26.0 Å². The molecule has 2 N–H and O–H groups in total. The molecule has 0 atom stereocenters. The highest BCUT2D eigenvalue weighted by atomic mass is 79.9. The van der Waals surface area contributed by atoms with Crippen LogP contribution < -0.4 is 4.72 Å². The van der Waals surface area contributed by atoms with E-state index >= 15 is 0 Å². The molecule has 0 aliphatic carbocycles. The molecule has 0 saturated heterocycles. The first kappa shape index (κ1) is 18.1. The van der Waals surface area contributed by atoms with Crippen molar-refractivity contribution in [2.75, 3.05) is 6.54 Å². The van der Waals surface area contributed by atoms with Crippen molar-refractivity contribution in [2.45, 2.75) is 43.9 Å². The van der Waals surface area contributed by atoms with E-state index in [4.69, 9.17) is 5.11 Å². The third-order valence-electron chi connectivity index (χ3n) is 3.05. The van der Waals surface area contributed by atoms with Gasteiger partial charge in [-0.2, -0.15) is 0 Å². The summed E-state index contributed by atoms with van der Waals surface area (Å²) in [5.74, 6) is -0.790. The summed E-state index contributed by atoms with van der Waals surface area (Å²) in [5, 5.41) is 8.50. The number of sulfonamides is 1. The van der Waals surface area contributed by atoms with Crippen LogP contribution in [0.1, 0.15) is 37.7 Å². The van der Waals surface area contributed by atoms with Gasteiger partial charge in [-0.05, 0) is 43.5 Å². The van der Waals surface area contributed by atoms with Gasteiger partial charge in [-0.15, -0.1) is 0 Å². The molecule has 7 heteroatoms. The molecule has 0 spiro atoms. The van der Waals surface area contributed by atoms with E-state index in [1.165, 1.54) is 0 Å². The van der Waals surface area contributed by atoms with Crippen molar-refractivity contribution in [1.29, 1.82) is 0 Å². The van der Waals surface area contributed by atoms with Gasteiger partial charge in [0, 0.05) is 17.4 Å². The maximum atomic E-state index is 12.1. The number of nitrogens with one attached hydrogen (secondary N) is 1. The fourth-order valence-electron chi connectivity index (χ4n) is 1.83. The van der Waals surface area contributed by atoms with Crippen molar-refractivity contribution in [3.05, 3.63) is 28.2 Å². The van der Waals surface area contributed by atoms with E-state index in [9.17, 15) is 13.2 Å². The monoisotopic (exact) mass is 377 g/mol. The first-order valence-electron chi connectivity index (χ1n) is 6.80. The Morgan fingerprint density at radius 1 is 1.24 bits per heavy atom. The number of halogens is 1. The zero-order valence-electron chi connectivity index (χ0n) is 11.9. The molecule has 5 nitrogen and oxygen atoms in total. The van der Waals surface area contributed by atoms with Crippen molar-refractivity contribution in [3.8, 4) is 0 Å². The van der Waals surface area contributed by atoms with E-state index in [1.54, 1.807) is 18.2 Å². The number of benzene rings is 1. The van der Waals surface area contributed by atoms with Gasteiger partial charge in [-0.3, -0.25) is 4.79 Å². The molecule has 0 aromatic heterocycles. The van der Waals surface area contributed by atoms with Crippen LogP contribution in [0, 0.1) is 6.92 Å². The second kappa shape index (κ2) is 8.51. The van der Waals surface area contributed by atoms with Gasteiger partial charge in [0.2, 0.25) is 10.0 Å². The van der Waals surface area contributed by atoms with E-state index in [0.29, 0.717) is 19.4 Å². The Kier molecular flexibility index (Phi) is 7.34. The second-order valence-corrected chi connectivity index (χ2v) is 7.49. The second-order valence-electron chi connectivity index (χ2n) is 4.87. The molecule has 0 heterocycles. The Morgan fingerprint density at radius 3 is 2.52 bits per heavy atom. The summed E-state index contributed by atoms with van der Waals surface area (Å²) >= 11 is 3.34. The number of aliphatic carboxylic acids is 1. The molecular weight excluding hydrogens is 358 g/mol. The molecular formula is C14H20BrNO4S.